The van der Waals surface area contributed by atoms with Gasteiger partial charge in [-0.1, -0.05) is 78.1 Å². The fourth-order valence-corrected chi connectivity index (χ4v) is 3.38. The Balaban J connectivity index is 2.50. The Bertz CT molecular complexity index is 376. The summed E-state index contributed by atoms with van der Waals surface area (Å²) in [5.74, 6) is -0.980. The lowest BCUT2D eigenvalue weighted by Gasteiger charge is -2.21. The summed E-state index contributed by atoms with van der Waals surface area (Å²) in [6.07, 6.45) is 13.6. The van der Waals surface area contributed by atoms with Crippen LogP contribution in [0.2, 0.25) is 0 Å². The number of hydrogen-bond donors (Lipinski definition) is 0. The molecule has 0 radical (unpaired) electrons. The van der Waals surface area contributed by atoms with Crippen LogP contribution in [0.15, 0.2) is 0 Å². The van der Waals surface area contributed by atoms with Crippen molar-refractivity contribution < 1.29 is 14.4 Å². The molecular formula is C20H35NO3. The first-order valence-electron chi connectivity index (χ1n) is 10.0. The highest BCUT2D eigenvalue weighted by molar-refractivity contribution is 6.15. The smallest absolute Gasteiger partial charge is 0.239 e. The Kier molecular flexibility index (Phi) is 10.6. The average Bonchev–Trinajstić information content (AvgIpc) is 2.90. The van der Waals surface area contributed by atoms with Crippen molar-refractivity contribution in [2.45, 2.75) is 104 Å². The van der Waals surface area contributed by atoms with Crippen molar-refractivity contribution in [2.24, 2.45) is 5.92 Å². The number of carbonyl (C=O) groups excluding carboxylic acids is 3. The first-order chi connectivity index (χ1) is 11.6. The van der Waals surface area contributed by atoms with E-state index in [1.54, 1.807) is 0 Å². The van der Waals surface area contributed by atoms with E-state index >= 15 is 0 Å². The van der Waals surface area contributed by atoms with Crippen molar-refractivity contribution in [3.63, 3.8) is 0 Å². The lowest BCUT2D eigenvalue weighted by atomic mass is 9.93. The van der Waals surface area contributed by atoms with Crippen LogP contribution < -0.4 is 0 Å². The standard InChI is InChI=1S/C20H35NO3/c1-3-5-7-9-11-13-17(14-12-10-8-6-4-2)20(24)21-18(22)15-16-19(21)23/h17H,3-16H2,1-2H3. The second-order valence-electron chi connectivity index (χ2n) is 7.06. The molecule has 1 heterocycles. The van der Waals surface area contributed by atoms with E-state index in [1.807, 2.05) is 0 Å². The van der Waals surface area contributed by atoms with E-state index in [0.717, 1.165) is 43.4 Å². The number of rotatable bonds is 13. The van der Waals surface area contributed by atoms with Crippen LogP contribution in [0, 0.1) is 5.92 Å². The summed E-state index contributed by atoms with van der Waals surface area (Å²) in [5.41, 5.74) is 0. The number of amides is 3. The van der Waals surface area contributed by atoms with Crippen molar-refractivity contribution in [1.82, 2.24) is 4.90 Å². The van der Waals surface area contributed by atoms with Crippen molar-refractivity contribution in [3.05, 3.63) is 0 Å². The van der Waals surface area contributed by atoms with Gasteiger partial charge >= 0.3 is 0 Å². The van der Waals surface area contributed by atoms with E-state index in [2.05, 4.69) is 13.8 Å². The predicted molar refractivity (Wildman–Crippen MR) is 96.3 cm³/mol. The molecule has 0 aromatic rings. The number of unbranched alkanes of at least 4 members (excludes halogenated alkanes) is 8. The first-order valence-corrected chi connectivity index (χ1v) is 10.0. The SMILES string of the molecule is CCCCCCCC(CCCCCCC)C(=O)N1C(=O)CCC1=O. The van der Waals surface area contributed by atoms with Gasteiger partial charge in [0.25, 0.3) is 0 Å². The highest BCUT2D eigenvalue weighted by Crippen LogP contribution is 2.24. The van der Waals surface area contributed by atoms with Crippen LogP contribution in [0.3, 0.4) is 0 Å². The van der Waals surface area contributed by atoms with E-state index in [1.165, 1.54) is 38.5 Å². The molecule has 0 aliphatic carbocycles. The monoisotopic (exact) mass is 337 g/mol. The molecular weight excluding hydrogens is 302 g/mol. The lowest BCUT2D eigenvalue weighted by Crippen LogP contribution is -2.40. The van der Waals surface area contributed by atoms with Gasteiger partial charge in [0.2, 0.25) is 17.7 Å². The lowest BCUT2D eigenvalue weighted by molar-refractivity contribution is -0.151. The Morgan fingerprint density at radius 1 is 0.792 bits per heavy atom. The zero-order chi connectivity index (χ0) is 17.8. The minimum absolute atomic E-state index is 0.153. The third kappa shape index (κ3) is 7.14. The van der Waals surface area contributed by atoms with E-state index in [0.29, 0.717) is 0 Å². The maximum Gasteiger partial charge on any atom is 0.239 e. The van der Waals surface area contributed by atoms with Gasteiger partial charge in [-0.25, -0.2) is 4.90 Å². The highest BCUT2D eigenvalue weighted by atomic mass is 16.2. The molecule has 1 aliphatic rings. The van der Waals surface area contributed by atoms with Crippen LogP contribution in [0.1, 0.15) is 104 Å². The molecule has 0 unspecified atom stereocenters. The van der Waals surface area contributed by atoms with Gasteiger partial charge in [-0.05, 0) is 12.8 Å². The second kappa shape index (κ2) is 12.2. The maximum absolute atomic E-state index is 12.7. The molecule has 1 rings (SSSR count). The molecule has 3 amide bonds. The number of carbonyl (C=O) groups is 3. The zero-order valence-electron chi connectivity index (χ0n) is 15.6. The Morgan fingerprint density at radius 2 is 1.21 bits per heavy atom. The zero-order valence-corrected chi connectivity index (χ0v) is 15.6. The topological polar surface area (TPSA) is 54.5 Å². The molecule has 24 heavy (non-hydrogen) atoms. The normalized spacial score (nSPS) is 14.9. The van der Waals surface area contributed by atoms with Crippen molar-refractivity contribution >= 4 is 17.7 Å². The molecule has 0 bridgehead atoms. The quantitative estimate of drug-likeness (QED) is 0.351. The van der Waals surface area contributed by atoms with Crippen LogP contribution in [0.5, 0.6) is 0 Å². The summed E-state index contributed by atoms with van der Waals surface area (Å²) < 4.78 is 0. The average molecular weight is 338 g/mol. The number of hydrogen-bond acceptors (Lipinski definition) is 3. The number of nitrogens with zero attached hydrogens (tertiary/aromatic N) is 1. The number of imide groups is 3. The molecule has 1 aliphatic heterocycles. The molecule has 0 saturated carbocycles. The van der Waals surface area contributed by atoms with Gasteiger partial charge in [-0.2, -0.15) is 0 Å². The summed E-state index contributed by atoms with van der Waals surface area (Å²) in [6.45, 7) is 4.38. The predicted octanol–water partition coefficient (Wildman–Crippen LogP) is 5.00. The van der Waals surface area contributed by atoms with Crippen molar-refractivity contribution in [2.75, 3.05) is 0 Å². The van der Waals surface area contributed by atoms with Crippen LogP contribution in [-0.2, 0) is 14.4 Å². The van der Waals surface area contributed by atoms with Crippen LogP contribution in [0.25, 0.3) is 0 Å². The molecule has 138 valence electrons. The third-order valence-electron chi connectivity index (χ3n) is 4.93. The summed E-state index contributed by atoms with van der Waals surface area (Å²) in [5, 5.41) is 0. The van der Waals surface area contributed by atoms with Gasteiger partial charge in [0.05, 0.1) is 0 Å². The molecule has 0 spiro atoms. The second-order valence-corrected chi connectivity index (χ2v) is 7.06. The molecule has 0 aromatic carbocycles. The van der Waals surface area contributed by atoms with Gasteiger partial charge in [0, 0.05) is 18.8 Å². The largest absolute Gasteiger partial charge is 0.274 e. The minimum atomic E-state index is -0.299. The Hall–Kier alpha value is -1.19. The molecule has 1 saturated heterocycles. The molecule has 0 atom stereocenters. The van der Waals surface area contributed by atoms with E-state index in [-0.39, 0.29) is 36.5 Å². The van der Waals surface area contributed by atoms with Crippen LogP contribution in [-0.4, -0.2) is 22.6 Å². The fourth-order valence-electron chi connectivity index (χ4n) is 3.38. The Morgan fingerprint density at radius 3 is 1.62 bits per heavy atom. The van der Waals surface area contributed by atoms with Crippen molar-refractivity contribution in [1.29, 1.82) is 0 Å². The van der Waals surface area contributed by atoms with Gasteiger partial charge in [-0.3, -0.25) is 14.4 Å². The molecule has 0 aromatic heterocycles. The summed E-state index contributed by atoms with van der Waals surface area (Å²) in [7, 11) is 0. The van der Waals surface area contributed by atoms with Crippen molar-refractivity contribution in [3.8, 4) is 0 Å². The van der Waals surface area contributed by atoms with E-state index in [4.69, 9.17) is 0 Å². The van der Waals surface area contributed by atoms with Crippen LogP contribution in [0.4, 0.5) is 0 Å². The van der Waals surface area contributed by atoms with Gasteiger partial charge in [0.15, 0.2) is 0 Å². The molecule has 1 fully saturated rings. The summed E-state index contributed by atoms with van der Waals surface area (Å²) in [6, 6.07) is 0. The first kappa shape index (κ1) is 20.9. The maximum atomic E-state index is 12.7. The molecule has 4 nitrogen and oxygen atoms in total. The summed E-state index contributed by atoms with van der Waals surface area (Å²) >= 11 is 0. The highest BCUT2D eigenvalue weighted by Gasteiger charge is 2.37. The molecule has 0 N–H and O–H groups in total. The third-order valence-corrected chi connectivity index (χ3v) is 4.93. The van der Waals surface area contributed by atoms with Gasteiger partial charge in [-0.15, -0.1) is 0 Å². The van der Waals surface area contributed by atoms with Gasteiger partial charge in [0.1, 0.15) is 0 Å². The minimum Gasteiger partial charge on any atom is -0.274 e. The Labute approximate surface area is 147 Å². The summed E-state index contributed by atoms with van der Waals surface area (Å²) in [4.78, 5) is 37.3. The number of likely N-dealkylation sites (tertiary alicyclic amines) is 1. The van der Waals surface area contributed by atoms with Crippen LogP contribution >= 0.6 is 0 Å². The molecule has 4 heteroatoms. The fraction of sp³-hybridized carbons (Fsp3) is 0.850. The van der Waals surface area contributed by atoms with Gasteiger partial charge < -0.3 is 0 Å². The van der Waals surface area contributed by atoms with E-state index in [9.17, 15) is 14.4 Å². The van der Waals surface area contributed by atoms with E-state index < -0.39 is 0 Å².